The van der Waals surface area contributed by atoms with E-state index in [0.29, 0.717) is 10.5 Å². The Balaban J connectivity index is 2.97. The molecule has 0 amide bonds. The Morgan fingerprint density at radius 1 is 1.58 bits per heavy atom. The highest BCUT2D eigenvalue weighted by Crippen LogP contribution is 2.18. The predicted molar refractivity (Wildman–Crippen MR) is 46.0 cm³/mol. The Bertz CT molecular complexity index is 319. The van der Waals surface area contributed by atoms with Crippen LogP contribution >= 0.6 is 11.9 Å². The van der Waals surface area contributed by atoms with Crippen molar-refractivity contribution in [1.29, 1.82) is 5.26 Å². The zero-order valence-corrected chi connectivity index (χ0v) is 7.28. The molecule has 0 saturated carbocycles. The number of benzene rings is 1. The minimum atomic E-state index is -0.367. The molecule has 0 aliphatic carbocycles. The number of hydrogen-bond donors (Lipinski definition) is 1. The molecule has 0 radical (unpaired) electrons. The molecule has 0 aliphatic rings. The summed E-state index contributed by atoms with van der Waals surface area (Å²) in [4.78, 5) is 0.497. The fraction of sp³-hybridized carbons (Fsp3) is 0.125. The van der Waals surface area contributed by atoms with Crippen molar-refractivity contribution >= 4 is 11.9 Å². The Labute approximate surface area is 74.5 Å². The summed E-state index contributed by atoms with van der Waals surface area (Å²) >= 11 is 1.19. The lowest BCUT2D eigenvalue weighted by Gasteiger charge is -1.99. The van der Waals surface area contributed by atoms with Crippen LogP contribution in [0.4, 0.5) is 4.39 Å². The van der Waals surface area contributed by atoms with Gasteiger partial charge in [-0.3, -0.25) is 4.72 Å². The number of nitrogens with one attached hydrogen (secondary N) is 1. The normalized spacial score (nSPS) is 9.42. The van der Waals surface area contributed by atoms with Crippen LogP contribution in [0.25, 0.3) is 0 Å². The van der Waals surface area contributed by atoms with Gasteiger partial charge in [0.2, 0.25) is 0 Å². The van der Waals surface area contributed by atoms with E-state index in [9.17, 15) is 4.39 Å². The summed E-state index contributed by atoms with van der Waals surface area (Å²) in [6.07, 6.45) is 0. The third-order valence-electron chi connectivity index (χ3n) is 1.27. The first-order valence-corrected chi connectivity index (χ1v) is 4.13. The largest absolute Gasteiger partial charge is 0.263 e. The first-order valence-electron chi connectivity index (χ1n) is 3.31. The first kappa shape index (κ1) is 9.04. The lowest BCUT2D eigenvalue weighted by molar-refractivity contribution is 0.601. The summed E-state index contributed by atoms with van der Waals surface area (Å²) in [7, 11) is 1.71. The molecule has 0 saturated heterocycles. The second kappa shape index (κ2) is 4.10. The number of hydrogen-bond acceptors (Lipinski definition) is 3. The van der Waals surface area contributed by atoms with E-state index in [4.69, 9.17) is 5.26 Å². The highest BCUT2D eigenvalue weighted by atomic mass is 32.2. The summed E-state index contributed by atoms with van der Waals surface area (Å²) in [6, 6.07) is 6.25. The second-order valence-corrected chi connectivity index (χ2v) is 3.12. The molecule has 0 aliphatic heterocycles. The van der Waals surface area contributed by atoms with E-state index in [2.05, 4.69) is 4.72 Å². The third-order valence-corrected chi connectivity index (χ3v) is 2.03. The Hall–Kier alpha value is -1.05. The predicted octanol–water partition coefficient (Wildman–Crippen LogP) is 1.92. The van der Waals surface area contributed by atoms with Crippen LogP contribution < -0.4 is 4.72 Å². The van der Waals surface area contributed by atoms with Gasteiger partial charge >= 0.3 is 0 Å². The molecule has 2 nitrogen and oxygen atoms in total. The van der Waals surface area contributed by atoms with Crippen LogP contribution in [0.3, 0.4) is 0 Å². The summed E-state index contributed by atoms with van der Waals surface area (Å²) in [6.45, 7) is 0. The minimum absolute atomic E-state index is 0.341. The zero-order valence-electron chi connectivity index (χ0n) is 6.47. The molecule has 0 fully saturated rings. The van der Waals surface area contributed by atoms with E-state index < -0.39 is 0 Å². The van der Waals surface area contributed by atoms with Gasteiger partial charge in [0.25, 0.3) is 0 Å². The lowest BCUT2D eigenvalue weighted by Crippen LogP contribution is -1.93. The van der Waals surface area contributed by atoms with E-state index in [0.717, 1.165) is 0 Å². The summed E-state index contributed by atoms with van der Waals surface area (Å²) < 4.78 is 15.8. The van der Waals surface area contributed by atoms with E-state index in [1.807, 2.05) is 6.07 Å². The highest BCUT2D eigenvalue weighted by Gasteiger charge is 2.02. The Morgan fingerprint density at radius 2 is 2.33 bits per heavy atom. The van der Waals surface area contributed by atoms with Crippen molar-refractivity contribution in [2.75, 3.05) is 7.05 Å². The molecule has 0 bridgehead atoms. The van der Waals surface area contributed by atoms with Gasteiger partial charge in [0.15, 0.2) is 0 Å². The lowest BCUT2D eigenvalue weighted by atomic mass is 10.2. The maximum Gasteiger partial charge on any atom is 0.139 e. The fourth-order valence-corrected chi connectivity index (χ4v) is 1.28. The van der Waals surface area contributed by atoms with Crippen molar-refractivity contribution in [2.24, 2.45) is 0 Å². The van der Waals surface area contributed by atoms with Gasteiger partial charge in [0.05, 0.1) is 16.5 Å². The summed E-state index contributed by atoms with van der Waals surface area (Å²) in [5, 5.41) is 8.44. The van der Waals surface area contributed by atoms with Gasteiger partial charge in [-0.2, -0.15) is 5.26 Å². The molecule has 12 heavy (non-hydrogen) atoms. The van der Waals surface area contributed by atoms with Crippen LogP contribution in [0.1, 0.15) is 5.56 Å². The van der Waals surface area contributed by atoms with Gasteiger partial charge in [-0.25, -0.2) is 4.39 Å². The van der Waals surface area contributed by atoms with E-state index >= 15 is 0 Å². The van der Waals surface area contributed by atoms with Gasteiger partial charge in [0.1, 0.15) is 5.82 Å². The molecule has 62 valence electrons. The molecule has 0 heterocycles. The maximum absolute atomic E-state index is 13.0. The standard InChI is InChI=1S/C8H7FN2S/c1-11-12-8-3-2-6(5-10)4-7(8)9/h2-4,11H,1H3. The van der Waals surface area contributed by atoms with Gasteiger partial charge in [0, 0.05) is 0 Å². The van der Waals surface area contributed by atoms with Crippen molar-refractivity contribution in [3.8, 4) is 6.07 Å². The van der Waals surface area contributed by atoms with Crippen LogP contribution in [0.5, 0.6) is 0 Å². The van der Waals surface area contributed by atoms with Gasteiger partial charge < -0.3 is 0 Å². The minimum Gasteiger partial charge on any atom is -0.263 e. The van der Waals surface area contributed by atoms with Gasteiger partial charge in [-0.1, -0.05) is 0 Å². The molecule has 0 aromatic heterocycles. The van der Waals surface area contributed by atoms with Crippen LogP contribution in [0.2, 0.25) is 0 Å². The fourth-order valence-electron chi connectivity index (χ4n) is 0.763. The second-order valence-electron chi connectivity index (χ2n) is 2.06. The van der Waals surface area contributed by atoms with E-state index in [-0.39, 0.29) is 5.82 Å². The van der Waals surface area contributed by atoms with E-state index in [1.165, 1.54) is 18.0 Å². The molecule has 0 unspecified atom stereocenters. The summed E-state index contributed by atoms with van der Waals surface area (Å²) in [5.41, 5.74) is 0.341. The number of nitrogens with zero attached hydrogens (tertiary/aromatic N) is 1. The maximum atomic E-state index is 13.0. The van der Waals surface area contributed by atoms with Crippen LogP contribution in [-0.4, -0.2) is 7.05 Å². The Kier molecular flexibility index (Phi) is 3.09. The van der Waals surface area contributed by atoms with Crippen molar-refractivity contribution in [1.82, 2.24) is 4.72 Å². The Morgan fingerprint density at radius 3 is 2.83 bits per heavy atom. The highest BCUT2D eigenvalue weighted by molar-refractivity contribution is 7.97. The first-order chi connectivity index (χ1) is 5.77. The molecule has 1 aromatic carbocycles. The molecule has 1 N–H and O–H groups in total. The van der Waals surface area contributed by atoms with Crippen LogP contribution in [-0.2, 0) is 0 Å². The van der Waals surface area contributed by atoms with Crippen molar-refractivity contribution < 1.29 is 4.39 Å². The van der Waals surface area contributed by atoms with Crippen molar-refractivity contribution in [3.63, 3.8) is 0 Å². The topological polar surface area (TPSA) is 35.8 Å². The molecule has 0 atom stereocenters. The smallest absolute Gasteiger partial charge is 0.139 e. The molecular formula is C8H7FN2S. The van der Waals surface area contributed by atoms with Crippen molar-refractivity contribution in [2.45, 2.75) is 4.90 Å². The number of halogens is 1. The molecule has 1 aromatic rings. The average Bonchev–Trinajstić information content (AvgIpc) is 2.09. The quantitative estimate of drug-likeness (QED) is 0.710. The molecule has 4 heteroatoms. The zero-order chi connectivity index (χ0) is 8.97. The van der Waals surface area contributed by atoms with Gasteiger partial charge in [-0.05, 0) is 37.2 Å². The SMILES string of the molecule is CNSc1ccc(C#N)cc1F. The monoisotopic (exact) mass is 182 g/mol. The van der Waals surface area contributed by atoms with Gasteiger partial charge in [-0.15, -0.1) is 0 Å². The van der Waals surface area contributed by atoms with Crippen LogP contribution in [0, 0.1) is 17.1 Å². The van der Waals surface area contributed by atoms with Crippen LogP contribution in [0.15, 0.2) is 23.1 Å². The van der Waals surface area contributed by atoms with Crippen molar-refractivity contribution in [3.05, 3.63) is 29.6 Å². The number of rotatable bonds is 2. The molecule has 0 spiro atoms. The average molecular weight is 182 g/mol. The third kappa shape index (κ3) is 1.97. The molecule has 1 rings (SSSR count). The van der Waals surface area contributed by atoms with E-state index in [1.54, 1.807) is 19.2 Å². The number of nitriles is 1. The summed E-state index contributed by atoms with van der Waals surface area (Å²) in [5.74, 6) is -0.367. The molecular weight excluding hydrogens is 175 g/mol.